The molecule has 15 heavy (non-hydrogen) atoms. The minimum atomic E-state index is -0.476. The molecule has 0 aliphatic carbocycles. The second-order valence-corrected chi connectivity index (χ2v) is 6.01. The number of aliphatic hydroxyl groups excluding tert-OH is 1. The van der Waals surface area contributed by atoms with Crippen LogP contribution in [0.4, 0.5) is 0 Å². The van der Waals surface area contributed by atoms with Gasteiger partial charge in [0.1, 0.15) is 6.10 Å². The van der Waals surface area contributed by atoms with Gasteiger partial charge in [-0.05, 0) is 28.1 Å². The number of thiophene rings is 1. The molecule has 1 N–H and O–H groups in total. The van der Waals surface area contributed by atoms with Crippen molar-refractivity contribution >= 4 is 27.3 Å². The molecule has 1 aliphatic rings. The van der Waals surface area contributed by atoms with Gasteiger partial charge < -0.3 is 14.6 Å². The van der Waals surface area contributed by atoms with Crippen molar-refractivity contribution in [1.29, 1.82) is 0 Å². The molecule has 0 radical (unpaired) electrons. The maximum absolute atomic E-state index is 9.92. The van der Waals surface area contributed by atoms with Crippen molar-refractivity contribution in [3.63, 3.8) is 0 Å². The normalized spacial score (nSPS) is 24.0. The highest BCUT2D eigenvalue weighted by Crippen LogP contribution is 2.24. The van der Waals surface area contributed by atoms with Crippen molar-refractivity contribution in [3.05, 3.63) is 20.8 Å². The summed E-state index contributed by atoms with van der Waals surface area (Å²) in [7, 11) is 0. The van der Waals surface area contributed by atoms with Gasteiger partial charge in [0.15, 0.2) is 0 Å². The van der Waals surface area contributed by atoms with Crippen LogP contribution in [0.3, 0.4) is 0 Å². The summed E-state index contributed by atoms with van der Waals surface area (Å²) in [5.74, 6) is 0. The van der Waals surface area contributed by atoms with Gasteiger partial charge in [0.25, 0.3) is 0 Å². The predicted molar refractivity (Wildman–Crippen MR) is 62.3 cm³/mol. The van der Waals surface area contributed by atoms with Crippen molar-refractivity contribution in [2.75, 3.05) is 19.8 Å². The number of halogens is 1. The monoisotopic (exact) mass is 292 g/mol. The molecule has 1 aromatic heterocycles. The fourth-order valence-corrected chi connectivity index (χ4v) is 3.06. The first kappa shape index (κ1) is 11.5. The molecular weight excluding hydrogens is 280 g/mol. The molecule has 1 aliphatic heterocycles. The SMILES string of the molecule is OC(Cc1ccc(Br)s1)C1COCCO1. The molecule has 2 heterocycles. The van der Waals surface area contributed by atoms with Crippen LogP contribution in [0.2, 0.25) is 0 Å². The highest BCUT2D eigenvalue weighted by molar-refractivity contribution is 9.11. The first-order valence-electron chi connectivity index (χ1n) is 4.87. The van der Waals surface area contributed by atoms with E-state index in [9.17, 15) is 5.11 Å². The fraction of sp³-hybridized carbons (Fsp3) is 0.600. The van der Waals surface area contributed by atoms with E-state index in [4.69, 9.17) is 9.47 Å². The molecular formula is C10H13BrO3S. The summed E-state index contributed by atoms with van der Waals surface area (Å²) in [4.78, 5) is 1.16. The van der Waals surface area contributed by atoms with Gasteiger partial charge >= 0.3 is 0 Å². The van der Waals surface area contributed by atoms with Gasteiger partial charge in [0.05, 0.1) is 29.7 Å². The first-order chi connectivity index (χ1) is 7.25. The van der Waals surface area contributed by atoms with Crippen molar-refractivity contribution in [2.24, 2.45) is 0 Å². The number of aliphatic hydroxyl groups is 1. The van der Waals surface area contributed by atoms with Gasteiger partial charge in [-0.2, -0.15) is 0 Å². The summed E-state index contributed by atoms with van der Waals surface area (Å²) in [6, 6.07) is 4.01. The molecule has 1 saturated heterocycles. The maximum atomic E-state index is 9.92. The lowest BCUT2D eigenvalue weighted by atomic mass is 10.1. The van der Waals surface area contributed by atoms with E-state index >= 15 is 0 Å². The number of ether oxygens (including phenoxy) is 2. The topological polar surface area (TPSA) is 38.7 Å². The molecule has 0 amide bonds. The Labute approximate surface area is 101 Å². The van der Waals surface area contributed by atoms with E-state index < -0.39 is 6.10 Å². The molecule has 0 bridgehead atoms. The molecule has 2 atom stereocenters. The van der Waals surface area contributed by atoms with Gasteiger partial charge in [-0.1, -0.05) is 0 Å². The van der Waals surface area contributed by atoms with E-state index in [0.29, 0.717) is 26.2 Å². The zero-order valence-corrected chi connectivity index (χ0v) is 10.6. The van der Waals surface area contributed by atoms with Crippen LogP contribution in [-0.4, -0.2) is 37.1 Å². The van der Waals surface area contributed by atoms with Crippen molar-refractivity contribution in [3.8, 4) is 0 Å². The minimum Gasteiger partial charge on any atom is -0.390 e. The van der Waals surface area contributed by atoms with Crippen LogP contribution in [0, 0.1) is 0 Å². The van der Waals surface area contributed by atoms with Crippen LogP contribution in [0.1, 0.15) is 4.88 Å². The Morgan fingerprint density at radius 1 is 1.53 bits per heavy atom. The van der Waals surface area contributed by atoms with Gasteiger partial charge in [0.2, 0.25) is 0 Å². The average molecular weight is 293 g/mol. The van der Waals surface area contributed by atoms with E-state index in [-0.39, 0.29) is 6.10 Å². The molecule has 84 valence electrons. The Hall–Kier alpha value is 0.0600. The molecule has 1 fully saturated rings. The summed E-state index contributed by atoms with van der Waals surface area (Å²) in [5, 5.41) is 9.92. The predicted octanol–water partition coefficient (Wildman–Crippen LogP) is 1.83. The zero-order valence-electron chi connectivity index (χ0n) is 8.19. The van der Waals surface area contributed by atoms with E-state index in [0.717, 1.165) is 8.66 Å². The number of hydrogen-bond acceptors (Lipinski definition) is 4. The molecule has 2 unspecified atom stereocenters. The Morgan fingerprint density at radius 2 is 2.40 bits per heavy atom. The lowest BCUT2D eigenvalue weighted by Gasteiger charge is -2.26. The summed E-state index contributed by atoms with van der Waals surface area (Å²) in [6.07, 6.45) is -0.0277. The average Bonchev–Trinajstić information content (AvgIpc) is 2.65. The zero-order chi connectivity index (χ0) is 10.7. The van der Waals surface area contributed by atoms with E-state index in [1.807, 2.05) is 12.1 Å². The second kappa shape index (κ2) is 5.41. The Morgan fingerprint density at radius 3 is 3.00 bits per heavy atom. The second-order valence-electron chi connectivity index (χ2n) is 3.46. The van der Waals surface area contributed by atoms with Crippen molar-refractivity contribution < 1.29 is 14.6 Å². The standard InChI is InChI=1S/C10H13BrO3S/c11-10-2-1-7(15-10)5-8(12)9-6-13-3-4-14-9/h1-2,8-9,12H,3-6H2. The highest BCUT2D eigenvalue weighted by Gasteiger charge is 2.23. The third-order valence-electron chi connectivity index (χ3n) is 2.31. The van der Waals surface area contributed by atoms with E-state index in [2.05, 4.69) is 15.9 Å². The Bertz CT molecular complexity index is 309. The Kier molecular flexibility index (Phi) is 4.16. The van der Waals surface area contributed by atoms with Crippen LogP contribution in [0.5, 0.6) is 0 Å². The molecule has 0 aromatic carbocycles. The third kappa shape index (κ3) is 3.26. The van der Waals surface area contributed by atoms with Crippen LogP contribution in [0.15, 0.2) is 15.9 Å². The highest BCUT2D eigenvalue weighted by atomic mass is 79.9. The fourth-order valence-electron chi connectivity index (χ4n) is 1.53. The summed E-state index contributed by atoms with van der Waals surface area (Å²) in [6.45, 7) is 1.71. The van der Waals surface area contributed by atoms with Crippen LogP contribution < -0.4 is 0 Å². The van der Waals surface area contributed by atoms with Gasteiger partial charge in [-0.3, -0.25) is 0 Å². The summed E-state index contributed by atoms with van der Waals surface area (Å²) in [5.41, 5.74) is 0. The first-order valence-corrected chi connectivity index (χ1v) is 6.48. The Balaban J connectivity index is 1.88. The van der Waals surface area contributed by atoms with Crippen LogP contribution >= 0.6 is 27.3 Å². The minimum absolute atomic E-state index is 0.181. The molecule has 0 saturated carbocycles. The largest absolute Gasteiger partial charge is 0.390 e. The lowest BCUT2D eigenvalue weighted by molar-refractivity contribution is -0.131. The van der Waals surface area contributed by atoms with Gasteiger partial charge in [0, 0.05) is 11.3 Å². The molecule has 2 rings (SSSR count). The molecule has 5 heteroatoms. The smallest absolute Gasteiger partial charge is 0.107 e. The van der Waals surface area contributed by atoms with E-state index in [1.54, 1.807) is 11.3 Å². The maximum Gasteiger partial charge on any atom is 0.107 e. The summed E-state index contributed by atoms with van der Waals surface area (Å²) >= 11 is 5.04. The third-order valence-corrected chi connectivity index (χ3v) is 3.96. The van der Waals surface area contributed by atoms with Gasteiger partial charge in [-0.25, -0.2) is 0 Å². The quantitative estimate of drug-likeness (QED) is 0.924. The molecule has 3 nitrogen and oxygen atoms in total. The number of rotatable bonds is 3. The van der Waals surface area contributed by atoms with Crippen molar-refractivity contribution in [1.82, 2.24) is 0 Å². The number of hydrogen-bond donors (Lipinski definition) is 1. The van der Waals surface area contributed by atoms with Crippen LogP contribution in [-0.2, 0) is 15.9 Å². The summed E-state index contributed by atoms with van der Waals surface area (Å²) < 4.78 is 11.8. The lowest BCUT2D eigenvalue weighted by Crippen LogP contribution is -2.39. The molecule has 1 aromatic rings. The van der Waals surface area contributed by atoms with Crippen LogP contribution in [0.25, 0.3) is 0 Å². The van der Waals surface area contributed by atoms with E-state index in [1.165, 1.54) is 0 Å². The van der Waals surface area contributed by atoms with Gasteiger partial charge in [-0.15, -0.1) is 11.3 Å². The molecule has 0 spiro atoms. The van der Waals surface area contributed by atoms with Crippen molar-refractivity contribution in [2.45, 2.75) is 18.6 Å².